The van der Waals surface area contributed by atoms with Crippen molar-refractivity contribution in [3.05, 3.63) is 98.0 Å². The highest BCUT2D eigenvalue weighted by molar-refractivity contribution is 8.00. The average Bonchev–Trinajstić information content (AvgIpc) is 3.59. The summed E-state index contributed by atoms with van der Waals surface area (Å²) < 4.78 is 12.2. The lowest BCUT2D eigenvalue weighted by Crippen LogP contribution is -2.29. The minimum Gasteiger partial charge on any atom is -0.507 e. The van der Waals surface area contributed by atoms with Crippen LogP contribution in [0.3, 0.4) is 0 Å². The number of hydrogen-bond donors (Lipinski definition) is 1. The van der Waals surface area contributed by atoms with Crippen LogP contribution in [0.5, 0.6) is 11.5 Å². The number of Topliss-reactive ketones (excluding diaryl/α,β-unsaturated/α-hetero) is 1. The van der Waals surface area contributed by atoms with E-state index in [1.54, 1.807) is 36.4 Å². The molecule has 46 heavy (non-hydrogen) atoms. The van der Waals surface area contributed by atoms with E-state index in [2.05, 4.69) is 24.0 Å². The molecule has 1 amide bonds. The topological polar surface area (TPSA) is 102 Å². The molecule has 5 rings (SSSR count). The van der Waals surface area contributed by atoms with Crippen LogP contribution in [0.4, 0.5) is 5.13 Å². The number of aliphatic hydroxyl groups is 1. The third-order valence-corrected chi connectivity index (χ3v) is 10.2. The molecule has 0 spiro atoms. The summed E-state index contributed by atoms with van der Waals surface area (Å²) in [5.74, 6) is 0.0295. The number of hydrogen-bond acceptors (Lipinski definition) is 9. The summed E-state index contributed by atoms with van der Waals surface area (Å²) in [6.45, 7) is 8.48. The van der Waals surface area contributed by atoms with E-state index in [-0.39, 0.29) is 16.5 Å². The van der Waals surface area contributed by atoms with E-state index in [0.717, 1.165) is 23.1 Å². The van der Waals surface area contributed by atoms with Crippen LogP contribution in [0.25, 0.3) is 5.76 Å². The summed E-state index contributed by atoms with van der Waals surface area (Å²) in [5, 5.41) is 21.6. The Hall–Kier alpha value is -3.57. The van der Waals surface area contributed by atoms with E-state index in [1.165, 1.54) is 35.1 Å². The third-order valence-electron chi connectivity index (χ3n) is 7.52. The van der Waals surface area contributed by atoms with E-state index in [4.69, 9.17) is 32.7 Å². The summed E-state index contributed by atoms with van der Waals surface area (Å²) in [7, 11) is 1.53. The standard InChI is InChI=1S/C34H33Cl2N3O5S2/c1-18(2)12-13-44-26-11-9-21(15-27(26)43-5)29-28(30(40)24-14-19(3)6-7-20(24)4)31(41)32(42)39(29)33-37-38-34(46-33)45-17-22-8-10-23(35)16-25(22)36/h6-11,14-16,18,29,40H,12-13,17H2,1-5H3/b30-28+. The predicted molar refractivity (Wildman–Crippen MR) is 185 cm³/mol. The quantitative estimate of drug-likeness (QED) is 0.0545. The number of carbonyl (C=O) groups excluding carboxylic acids is 2. The Kier molecular flexibility index (Phi) is 10.6. The van der Waals surface area contributed by atoms with Gasteiger partial charge in [0, 0.05) is 21.4 Å². The zero-order valence-corrected chi connectivity index (χ0v) is 29.1. The number of halogens is 2. The van der Waals surface area contributed by atoms with Crippen molar-refractivity contribution < 1.29 is 24.2 Å². The molecular weight excluding hydrogens is 665 g/mol. The second-order valence-electron chi connectivity index (χ2n) is 11.3. The van der Waals surface area contributed by atoms with Gasteiger partial charge in [-0.25, -0.2) is 0 Å². The van der Waals surface area contributed by atoms with Crippen LogP contribution >= 0.6 is 46.3 Å². The minimum absolute atomic E-state index is 0.0495. The van der Waals surface area contributed by atoms with Gasteiger partial charge in [0.2, 0.25) is 5.13 Å². The van der Waals surface area contributed by atoms with Crippen molar-refractivity contribution >= 4 is 68.9 Å². The number of ketones is 1. The van der Waals surface area contributed by atoms with Crippen molar-refractivity contribution in [1.29, 1.82) is 0 Å². The van der Waals surface area contributed by atoms with Gasteiger partial charge in [-0.05, 0) is 73.2 Å². The first-order valence-electron chi connectivity index (χ1n) is 14.6. The Labute approximate surface area is 286 Å². The number of benzene rings is 3. The second kappa shape index (κ2) is 14.5. The molecule has 1 atom stereocenters. The molecule has 1 fully saturated rings. The number of carbonyl (C=O) groups is 2. The molecule has 1 saturated heterocycles. The second-order valence-corrected chi connectivity index (χ2v) is 14.3. The largest absolute Gasteiger partial charge is 0.507 e. The maximum absolute atomic E-state index is 13.8. The molecule has 1 N–H and O–H groups in total. The number of aryl methyl sites for hydroxylation is 2. The van der Waals surface area contributed by atoms with Gasteiger partial charge in [0.25, 0.3) is 5.78 Å². The summed E-state index contributed by atoms with van der Waals surface area (Å²) in [6, 6.07) is 15.1. The van der Waals surface area contributed by atoms with E-state index < -0.39 is 17.7 Å². The zero-order valence-electron chi connectivity index (χ0n) is 26.0. The highest BCUT2D eigenvalue weighted by Gasteiger charge is 2.48. The molecule has 0 saturated carbocycles. The van der Waals surface area contributed by atoms with Crippen LogP contribution in [0, 0.1) is 19.8 Å². The van der Waals surface area contributed by atoms with Gasteiger partial charge >= 0.3 is 5.91 Å². The first-order valence-corrected chi connectivity index (χ1v) is 17.1. The van der Waals surface area contributed by atoms with Gasteiger partial charge in [0.1, 0.15) is 5.76 Å². The molecule has 0 radical (unpaired) electrons. The summed E-state index contributed by atoms with van der Waals surface area (Å²) in [5.41, 5.74) is 3.48. The van der Waals surface area contributed by atoms with Gasteiger partial charge in [-0.3, -0.25) is 14.5 Å². The number of ether oxygens (including phenoxy) is 2. The smallest absolute Gasteiger partial charge is 0.301 e. The molecule has 4 aromatic rings. The maximum atomic E-state index is 13.8. The van der Waals surface area contributed by atoms with Gasteiger partial charge in [-0.15, -0.1) is 10.2 Å². The van der Waals surface area contributed by atoms with Gasteiger partial charge in [-0.1, -0.05) is 90.0 Å². The summed E-state index contributed by atoms with van der Waals surface area (Å²) in [6.07, 6.45) is 0.864. The number of thioether (sulfide) groups is 1. The number of amides is 1. The van der Waals surface area contributed by atoms with Crippen LogP contribution in [0.1, 0.15) is 54.1 Å². The van der Waals surface area contributed by atoms with Crippen molar-refractivity contribution in [2.75, 3.05) is 18.6 Å². The molecule has 3 aromatic carbocycles. The minimum atomic E-state index is -1.00. The lowest BCUT2D eigenvalue weighted by Gasteiger charge is -2.24. The normalized spacial score (nSPS) is 16.0. The lowest BCUT2D eigenvalue weighted by molar-refractivity contribution is -0.132. The molecule has 0 aliphatic carbocycles. The Balaban J connectivity index is 1.57. The number of anilines is 1. The Bertz CT molecular complexity index is 1820. The Morgan fingerprint density at radius 3 is 2.54 bits per heavy atom. The fourth-order valence-electron chi connectivity index (χ4n) is 5.00. The van der Waals surface area contributed by atoms with Gasteiger partial charge in [-0.2, -0.15) is 0 Å². The number of aromatic nitrogens is 2. The highest BCUT2D eigenvalue weighted by Crippen LogP contribution is 2.46. The van der Waals surface area contributed by atoms with E-state index >= 15 is 0 Å². The van der Waals surface area contributed by atoms with E-state index in [0.29, 0.717) is 55.3 Å². The molecule has 12 heteroatoms. The SMILES string of the molecule is COc1cc(C2/C(=C(\O)c3cc(C)ccc3C)C(=O)C(=O)N2c2nnc(SCc3ccc(Cl)cc3Cl)s2)ccc1OCCC(C)C. The van der Waals surface area contributed by atoms with Crippen molar-refractivity contribution in [2.45, 2.75) is 50.3 Å². The van der Waals surface area contributed by atoms with E-state index in [1.807, 2.05) is 32.0 Å². The van der Waals surface area contributed by atoms with E-state index in [9.17, 15) is 14.7 Å². The van der Waals surface area contributed by atoms with Crippen LogP contribution in [-0.4, -0.2) is 40.7 Å². The summed E-state index contributed by atoms with van der Waals surface area (Å²) in [4.78, 5) is 28.8. The average molecular weight is 699 g/mol. The number of nitrogens with zero attached hydrogens (tertiary/aromatic N) is 3. The van der Waals surface area contributed by atoms with Crippen molar-refractivity contribution in [1.82, 2.24) is 10.2 Å². The first kappa shape index (κ1) is 33.8. The van der Waals surface area contributed by atoms with Crippen molar-refractivity contribution in [3.63, 3.8) is 0 Å². The fraction of sp³-hybridized carbons (Fsp3) is 0.294. The summed E-state index contributed by atoms with van der Waals surface area (Å²) >= 11 is 15.0. The van der Waals surface area contributed by atoms with Crippen LogP contribution in [0.15, 0.2) is 64.5 Å². The molecule has 1 aliphatic rings. The highest BCUT2D eigenvalue weighted by atomic mass is 35.5. The Morgan fingerprint density at radius 1 is 1.04 bits per heavy atom. The first-order chi connectivity index (χ1) is 22.0. The van der Waals surface area contributed by atoms with Crippen molar-refractivity contribution in [3.8, 4) is 11.5 Å². The maximum Gasteiger partial charge on any atom is 0.301 e. The number of aliphatic hydroxyl groups excluding tert-OH is 1. The molecule has 0 bridgehead atoms. The van der Waals surface area contributed by atoms with Gasteiger partial charge in [0.15, 0.2) is 15.8 Å². The molecule has 2 heterocycles. The van der Waals surface area contributed by atoms with Gasteiger partial charge < -0.3 is 14.6 Å². The number of rotatable bonds is 11. The lowest BCUT2D eigenvalue weighted by atomic mass is 9.93. The molecular formula is C34H33Cl2N3O5S2. The zero-order chi connectivity index (χ0) is 33.1. The third kappa shape index (κ3) is 7.20. The van der Waals surface area contributed by atoms with Crippen molar-refractivity contribution in [2.24, 2.45) is 5.92 Å². The molecule has 8 nitrogen and oxygen atoms in total. The van der Waals surface area contributed by atoms with Crippen LogP contribution in [-0.2, 0) is 15.3 Å². The monoisotopic (exact) mass is 697 g/mol. The van der Waals surface area contributed by atoms with Gasteiger partial charge in [0.05, 0.1) is 25.3 Å². The Morgan fingerprint density at radius 2 is 1.83 bits per heavy atom. The molecule has 1 aliphatic heterocycles. The molecule has 1 aromatic heterocycles. The van der Waals surface area contributed by atoms with Crippen LogP contribution in [0.2, 0.25) is 10.0 Å². The molecule has 1 unspecified atom stereocenters. The molecule has 240 valence electrons. The van der Waals surface area contributed by atoms with Crippen LogP contribution < -0.4 is 14.4 Å². The predicted octanol–water partition coefficient (Wildman–Crippen LogP) is 8.81. The fourth-order valence-corrected chi connectivity index (χ4v) is 7.42. The number of methoxy groups -OCH3 is 1.